The summed E-state index contributed by atoms with van der Waals surface area (Å²) in [7, 11) is 1.72. The first kappa shape index (κ1) is 15.8. The molecular formula is C16H25BrN2O. The van der Waals surface area contributed by atoms with Crippen LogP contribution >= 0.6 is 15.9 Å². The average Bonchev–Trinajstić information content (AvgIpc) is 2.44. The van der Waals surface area contributed by atoms with Gasteiger partial charge in [-0.1, -0.05) is 22.9 Å². The Morgan fingerprint density at radius 2 is 2.20 bits per heavy atom. The zero-order valence-corrected chi connectivity index (χ0v) is 14.2. The van der Waals surface area contributed by atoms with E-state index in [2.05, 4.69) is 40.7 Å². The van der Waals surface area contributed by atoms with E-state index in [1.807, 2.05) is 12.1 Å². The van der Waals surface area contributed by atoms with Crippen LogP contribution in [0.25, 0.3) is 0 Å². The van der Waals surface area contributed by atoms with Gasteiger partial charge in [-0.3, -0.25) is 4.90 Å². The third-order valence-electron chi connectivity index (χ3n) is 4.60. The minimum atomic E-state index is 0.222. The fourth-order valence-corrected chi connectivity index (χ4v) is 3.59. The number of hydrogen-bond acceptors (Lipinski definition) is 3. The van der Waals surface area contributed by atoms with Crippen LogP contribution in [0.3, 0.4) is 0 Å². The average molecular weight is 341 g/mol. The van der Waals surface area contributed by atoms with E-state index in [0.717, 1.165) is 22.7 Å². The summed E-state index contributed by atoms with van der Waals surface area (Å²) in [4.78, 5) is 2.54. The third kappa shape index (κ3) is 3.18. The molecule has 1 heterocycles. The molecule has 0 bridgehead atoms. The van der Waals surface area contributed by atoms with Crippen molar-refractivity contribution in [3.8, 4) is 5.75 Å². The Morgan fingerprint density at radius 1 is 1.45 bits per heavy atom. The minimum absolute atomic E-state index is 0.222. The van der Waals surface area contributed by atoms with Gasteiger partial charge in [0.2, 0.25) is 0 Å². The number of likely N-dealkylation sites (tertiary alicyclic amines) is 1. The van der Waals surface area contributed by atoms with Crippen molar-refractivity contribution in [1.82, 2.24) is 4.90 Å². The van der Waals surface area contributed by atoms with Crippen LogP contribution < -0.4 is 10.5 Å². The van der Waals surface area contributed by atoms with Crippen LogP contribution in [-0.4, -0.2) is 31.1 Å². The number of ether oxygens (including phenoxy) is 1. The van der Waals surface area contributed by atoms with Gasteiger partial charge in [0.15, 0.2) is 0 Å². The summed E-state index contributed by atoms with van der Waals surface area (Å²) in [6, 6.07) is 6.95. The number of halogens is 1. The van der Waals surface area contributed by atoms with Crippen LogP contribution in [-0.2, 0) is 0 Å². The minimum Gasteiger partial charge on any atom is -0.496 e. The lowest BCUT2D eigenvalue weighted by atomic mass is 9.89. The molecule has 112 valence electrons. The number of benzene rings is 1. The van der Waals surface area contributed by atoms with Crippen LogP contribution in [0.4, 0.5) is 0 Å². The van der Waals surface area contributed by atoms with Crippen LogP contribution in [0.5, 0.6) is 5.75 Å². The van der Waals surface area contributed by atoms with Crippen molar-refractivity contribution in [2.45, 2.75) is 38.8 Å². The summed E-state index contributed by atoms with van der Waals surface area (Å²) in [5.41, 5.74) is 7.29. The Morgan fingerprint density at radius 3 is 2.85 bits per heavy atom. The number of methoxy groups -OCH3 is 1. The zero-order chi connectivity index (χ0) is 14.7. The summed E-state index contributed by atoms with van der Waals surface area (Å²) < 4.78 is 6.61. The molecule has 2 rings (SSSR count). The third-order valence-corrected chi connectivity index (χ3v) is 5.09. The Balaban J connectivity index is 2.34. The molecule has 1 aliphatic heterocycles. The normalized spacial score (nSPS) is 25.4. The van der Waals surface area contributed by atoms with Crippen LogP contribution in [0.2, 0.25) is 0 Å². The summed E-state index contributed by atoms with van der Waals surface area (Å²) in [6.07, 6.45) is 2.56. The lowest BCUT2D eigenvalue weighted by Crippen LogP contribution is -2.46. The number of nitrogens with two attached hydrogens (primary N) is 1. The number of hydrogen-bond donors (Lipinski definition) is 1. The van der Waals surface area contributed by atoms with E-state index in [1.165, 1.54) is 18.4 Å². The van der Waals surface area contributed by atoms with Crippen molar-refractivity contribution in [2.75, 3.05) is 20.2 Å². The Kier molecular flexibility index (Phi) is 5.47. The maximum absolute atomic E-state index is 6.10. The first-order valence-corrected chi connectivity index (χ1v) is 8.17. The summed E-state index contributed by atoms with van der Waals surface area (Å²) in [6.45, 7) is 6.38. The quantitative estimate of drug-likeness (QED) is 0.910. The highest BCUT2D eigenvalue weighted by molar-refractivity contribution is 9.10. The fraction of sp³-hybridized carbons (Fsp3) is 0.625. The summed E-state index contributed by atoms with van der Waals surface area (Å²) >= 11 is 3.56. The molecule has 0 saturated carbocycles. The monoisotopic (exact) mass is 340 g/mol. The SMILES string of the molecule is COc1ccc(Br)cc1C(CN)N1CCCC(C)C1C. The summed E-state index contributed by atoms with van der Waals surface area (Å²) in [5.74, 6) is 1.64. The highest BCUT2D eigenvalue weighted by Crippen LogP contribution is 2.36. The number of piperidine rings is 1. The van der Waals surface area contributed by atoms with Crippen LogP contribution in [0.1, 0.15) is 38.3 Å². The molecule has 1 aliphatic rings. The topological polar surface area (TPSA) is 38.5 Å². The van der Waals surface area contributed by atoms with E-state index < -0.39 is 0 Å². The molecule has 4 heteroatoms. The molecule has 0 radical (unpaired) electrons. The summed E-state index contributed by atoms with van der Waals surface area (Å²) in [5, 5.41) is 0. The molecule has 0 spiro atoms. The fourth-order valence-electron chi connectivity index (χ4n) is 3.21. The van der Waals surface area contributed by atoms with E-state index in [0.29, 0.717) is 12.6 Å². The van der Waals surface area contributed by atoms with E-state index in [-0.39, 0.29) is 6.04 Å². The first-order valence-electron chi connectivity index (χ1n) is 7.37. The van der Waals surface area contributed by atoms with Crippen molar-refractivity contribution in [3.63, 3.8) is 0 Å². The van der Waals surface area contributed by atoms with Gasteiger partial charge in [0.05, 0.1) is 13.2 Å². The van der Waals surface area contributed by atoms with Gasteiger partial charge in [0.1, 0.15) is 5.75 Å². The maximum atomic E-state index is 6.10. The smallest absolute Gasteiger partial charge is 0.123 e. The van der Waals surface area contributed by atoms with E-state index in [1.54, 1.807) is 7.11 Å². The van der Waals surface area contributed by atoms with Crippen LogP contribution in [0.15, 0.2) is 22.7 Å². The Labute approximate surface area is 130 Å². The lowest BCUT2D eigenvalue weighted by Gasteiger charge is -2.43. The van der Waals surface area contributed by atoms with Gasteiger partial charge in [-0.05, 0) is 50.4 Å². The first-order chi connectivity index (χ1) is 9.58. The van der Waals surface area contributed by atoms with E-state index in [9.17, 15) is 0 Å². The predicted molar refractivity (Wildman–Crippen MR) is 87.1 cm³/mol. The van der Waals surface area contributed by atoms with E-state index in [4.69, 9.17) is 10.5 Å². The van der Waals surface area contributed by atoms with Gasteiger partial charge >= 0.3 is 0 Å². The van der Waals surface area contributed by atoms with Gasteiger partial charge in [-0.25, -0.2) is 0 Å². The Hall–Kier alpha value is -0.580. The second kappa shape index (κ2) is 6.92. The van der Waals surface area contributed by atoms with Crippen molar-refractivity contribution in [1.29, 1.82) is 0 Å². The molecule has 1 aromatic rings. The van der Waals surface area contributed by atoms with Gasteiger partial charge in [0.25, 0.3) is 0 Å². The lowest BCUT2D eigenvalue weighted by molar-refractivity contribution is 0.0698. The van der Waals surface area contributed by atoms with Gasteiger partial charge in [0, 0.05) is 22.6 Å². The maximum Gasteiger partial charge on any atom is 0.123 e. The highest BCUT2D eigenvalue weighted by atomic mass is 79.9. The predicted octanol–water partition coefficient (Wildman–Crippen LogP) is 3.58. The van der Waals surface area contributed by atoms with Crippen molar-refractivity contribution < 1.29 is 4.74 Å². The molecule has 1 fully saturated rings. The zero-order valence-electron chi connectivity index (χ0n) is 12.6. The highest BCUT2D eigenvalue weighted by Gasteiger charge is 2.31. The molecule has 3 nitrogen and oxygen atoms in total. The molecule has 0 amide bonds. The van der Waals surface area contributed by atoms with Crippen LogP contribution in [0, 0.1) is 5.92 Å². The molecule has 1 saturated heterocycles. The second-order valence-corrected chi connectivity index (χ2v) is 6.65. The second-order valence-electron chi connectivity index (χ2n) is 5.74. The Bertz CT molecular complexity index is 452. The molecule has 3 atom stereocenters. The molecule has 0 aliphatic carbocycles. The van der Waals surface area contributed by atoms with Crippen molar-refractivity contribution in [3.05, 3.63) is 28.2 Å². The standard InChI is InChI=1S/C16H25BrN2O/c1-11-5-4-8-19(12(11)2)15(10-18)14-9-13(17)6-7-16(14)20-3/h6-7,9,11-12,15H,4-5,8,10,18H2,1-3H3. The molecular weight excluding hydrogens is 316 g/mol. The largest absolute Gasteiger partial charge is 0.496 e. The molecule has 3 unspecified atom stereocenters. The van der Waals surface area contributed by atoms with Crippen molar-refractivity contribution in [2.24, 2.45) is 11.7 Å². The number of nitrogens with zero attached hydrogens (tertiary/aromatic N) is 1. The van der Waals surface area contributed by atoms with Gasteiger partial charge in [-0.2, -0.15) is 0 Å². The van der Waals surface area contributed by atoms with Gasteiger partial charge in [-0.15, -0.1) is 0 Å². The van der Waals surface area contributed by atoms with Crippen molar-refractivity contribution >= 4 is 15.9 Å². The van der Waals surface area contributed by atoms with Gasteiger partial charge < -0.3 is 10.5 Å². The number of rotatable bonds is 4. The molecule has 0 aromatic heterocycles. The molecule has 1 aromatic carbocycles. The molecule has 2 N–H and O–H groups in total. The van der Waals surface area contributed by atoms with E-state index >= 15 is 0 Å². The molecule has 20 heavy (non-hydrogen) atoms.